The lowest BCUT2D eigenvalue weighted by Gasteiger charge is -2.49. The highest BCUT2D eigenvalue weighted by Gasteiger charge is 2.39. The van der Waals surface area contributed by atoms with Gasteiger partial charge in [-0.15, -0.1) is 24.0 Å². The highest BCUT2D eigenvalue weighted by molar-refractivity contribution is 14.0. The van der Waals surface area contributed by atoms with Gasteiger partial charge in [0.2, 0.25) is 5.91 Å². The average Bonchev–Trinajstić information content (AvgIpc) is 2.65. The van der Waals surface area contributed by atoms with Crippen LogP contribution >= 0.6 is 24.0 Å². The van der Waals surface area contributed by atoms with Gasteiger partial charge in [0.05, 0.1) is 13.1 Å². The van der Waals surface area contributed by atoms with E-state index in [1.807, 2.05) is 32.7 Å². The van der Waals surface area contributed by atoms with Crippen LogP contribution < -0.4 is 10.6 Å². The number of carbonyl (C=O) groups is 1. The van der Waals surface area contributed by atoms with Gasteiger partial charge in [-0.05, 0) is 86.6 Å². The lowest BCUT2D eigenvalue weighted by Crippen LogP contribution is -2.58. The van der Waals surface area contributed by atoms with E-state index in [1.54, 1.807) is 0 Å². The first-order chi connectivity index (χ1) is 13.6. The van der Waals surface area contributed by atoms with Gasteiger partial charge in [0.15, 0.2) is 5.96 Å². The number of halogens is 1. The van der Waals surface area contributed by atoms with Gasteiger partial charge in [-0.1, -0.05) is 6.42 Å². The number of amides is 1. The van der Waals surface area contributed by atoms with Crippen LogP contribution in [0.15, 0.2) is 4.99 Å². The maximum Gasteiger partial charge on any atom is 0.240 e. The molecule has 176 valence electrons. The number of nitrogens with zero attached hydrogens (tertiary/aromatic N) is 4. The second kappa shape index (κ2) is 12.4. The fourth-order valence-corrected chi connectivity index (χ4v) is 4.42. The Morgan fingerprint density at radius 1 is 1.10 bits per heavy atom. The van der Waals surface area contributed by atoms with E-state index in [4.69, 9.17) is 4.99 Å². The second-order valence-corrected chi connectivity index (χ2v) is 9.90. The van der Waals surface area contributed by atoms with E-state index < -0.39 is 0 Å². The van der Waals surface area contributed by atoms with Gasteiger partial charge in [0, 0.05) is 24.7 Å². The molecule has 0 spiro atoms. The Bertz CT molecular complexity index is 548. The summed E-state index contributed by atoms with van der Waals surface area (Å²) in [5, 5.41) is 6.43. The third-order valence-electron chi connectivity index (χ3n) is 6.06. The molecule has 8 heteroatoms. The number of carbonyl (C=O) groups excluding carboxylic acids is 1. The lowest BCUT2D eigenvalue weighted by atomic mass is 9.84. The summed E-state index contributed by atoms with van der Waals surface area (Å²) in [7, 11) is 4.17. The molecule has 2 N–H and O–H groups in total. The minimum atomic E-state index is -0.222. The molecule has 30 heavy (non-hydrogen) atoms. The number of nitrogens with one attached hydrogen (secondary N) is 2. The molecule has 2 saturated heterocycles. The molecule has 2 rings (SSSR count). The Hall–Kier alpha value is -0.610. The molecule has 0 bridgehead atoms. The van der Waals surface area contributed by atoms with Crippen LogP contribution in [0.1, 0.15) is 59.8 Å². The summed E-state index contributed by atoms with van der Waals surface area (Å²) in [5.74, 6) is 0.850. The van der Waals surface area contributed by atoms with E-state index in [1.165, 1.54) is 45.2 Å². The van der Waals surface area contributed by atoms with Gasteiger partial charge in [0.1, 0.15) is 0 Å². The molecule has 2 aliphatic heterocycles. The molecule has 2 aliphatic rings. The van der Waals surface area contributed by atoms with Crippen LogP contribution in [0, 0.1) is 0 Å². The average molecular weight is 537 g/mol. The normalized spacial score (nSPS) is 20.9. The fraction of sp³-hybridized carbons (Fsp3) is 0.909. The van der Waals surface area contributed by atoms with Crippen LogP contribution in [0.5, 0.6) is 0 Å². The van der Waals surface area contributed by atoms with Crippen molar-refractivity contribution in [2.45, 2.75) is 70.9 Å². The second-order valence-electron chi connectivity index (χ2n) is 9.90. The van der Waals surface area contributed by atoms with Crippen molar-refractivity contribution in [1.82, 2.24) is 25.3 Å². The van der Waals surface area contributed by atoms with Gasteiger partial charge in [-0.3, -0.25) is 14.7 Å². The fourth-order valence-electron chi connectivity index (χ4n) is 4.42. The molecule has 0 aromatic heterocycles. The zero-order chi connectivity index (χ0) is 21.5. The molecule has 0 aromatic carbocycles. The number of likely N-dealkylation sites (tertiary alicyclic amines) is 2. The van der Waals surface area contributed by atoms with Gasteiger partial charge >= 0.3 is 0 Å². The number of rotatable bonds is 6. The summed E-state index contributed by atoms with van der Waals surface area (Å²) < 4.78 is 0. The Balaban J connectivity index is 0.00000450. The molecule has 0 atom stereocenters. The van der Waals surface area contributed by atoms with E-state index in [9.17, 15) is 4.79 Å². The Morgan fingerprint density at radius 3 is 2.23 bits per heavy atom. The topological polar surface area (TPSA) is 63.2 Å². The highest BCUT2D eigenvalue weighted by atomic mass is 127. The van der Waals surface area contributed by atoms with Crippen molar-refractivity contribution < 1.29 is 4.79 Å². The summed E-state index contributed by atoms with van der Waals surface area (Å²) in [5.41, 5.74) is -0.0675. The first-order valence-electron chi connectivity index (χ1n) is 11.4. The zero-order valence-electron chi connectivity index (χ0n) is 20.1. The van der Waals surface area contributed by atoms with E-state index >= 15 is 0 Å². The highest BCUT2D eigenvalue weighted by Crippen LogP contribution is 2.31. The summed E-state index contributed by atoms with van der Waals surface area (Å²) in [6.45, 7) is 14.7. The molecular weight excluding hydrogens is 491 g/mol. The van der Waals surface area contributed by atoms with Crippen LogP contribution in [-0.2, 0) is 4.79 Å². The third-order valence-corrected chi connectivity index (χ3v) is 6.06. The zero-order valence-corrected chi connectivity index (χ0v) is 22.4. The van der Waals surface area contributed by atoms with E-state index in [-0.39, 0.29) is 41.0 Å². The van der Waals surface area contributed by atoms with Crippen LogP contribution in [0.25, 0.3) is 0 Å². The van der Waals surface area contributed by atoms with Crippen molar-refractivity contribution in [1.29, 1.82) is 0 Å². The minimum Gasteiger partial charge on any atom is -0.357 e. The predicted molar refractivity (Wildman–Crippen MR) is 137 cm³/mol. The van der Waals surface area contributed by atoms with Crippen LogP contribution in [0.3, 0.4) is 0 Å². The number of guanidine groups is 1. The summed E-state index contributed by atoms with van der Waals surface area (Å²) >= 11 is 0. The van der Waals surface area contributed by atoms with Crippen molar-refractivity contribution in [2.24, 2.45) is 4.99 Å². The van der Waals surface area contributed by atoms with Gasteiger partial charge in [-0.2, -0.15) is 0 Å². The quantitative estimate of drug-likeness (QED) is 0.310. The molecule has 0 aromatic rings. The van der Waals surface area contributed by atoms with Crippen LogP contribution in [0.2, 0.25) is 0 Å². The van der Waals surface area contributed by atoms with Gasteiger partial charge in [-0.25, -0.2) is 0 Å². The summed E-state index contributed by atoms with van der Waals surface area (Å²) in [6.07, 6.45) is 6.29. The summed E-state index contributed by atoms with van der Waals surface area (Å²) in [4.78, 5) is 24.5. The van der Waals surface area contributed by atoms with E-state index in [0.717, 1.165) is 32.1 Å². The predicted octanol–water partition coefficient (Wildman–Crippen LogP) is 2.37. The minimum absolute atomic E-state index is 0. The van der Waals surface area contributed by atoms with Gasteiger partial charge < -0.3 is 20.4 Å². The van der Waals surface area contributed by atoms with E-state index in [0.29, 0.717) is 6.54 Å². The molecule has 0 radical (unpaired) electrons. The first kappa shape index (κ1) is 27.4. The smallest absolute Gasteiger partial charge is 0.240 e. The lowest BCUT2D eigenvalue weighted by molar-refractivity contribution is -0.122. The third kappa shape index (κ3) is 8.49. The van der Waals surface area contributed by atoms with Crippen LogP contribution in [0.4, 0.5) is 0 Å². The molecular formula is C22H45IN6O. The maximum atomic E-state index is 12.4. The standard InChI is InChI=1S/C22H44N6O.HI/c1-7-23-20(27(6)17-19(29)25-21(2,3)4)24-18-22(11-15-26(5)16-12-22)28-13-9-8-10-14-28;/h7-18H2,1-6H3,(H,23,24)(H,25,29);1H. The van der Waals surface area contributed by atoms with Crippen molar-refractivity contribution in [2.75, 3.05) is 59.9 Å². The largest absolute Gasteiger partial charge is 0.357 e. The number of hydrogen-bond donors (Lipinski definition) is 2. The Kier molecular flexibility index (Phi) is 11.4. The van der Waals surface area contributed by atoms with E-state index in [2.05, 4.69) is 34.4 Å². The molecule has 0 saturated carbocycles. The molecule has 0 aliphatic carbocycles. The molecule has 0 unspecified atom stereocenters. The number of piperidine rings is 2. The van der Waals surface area contributed by atoms with Gasteiger partial charge in [0.25, 0.3) is 0 Å². The van der Waals surface area contributed by atoms with Crippen molar-refractivity contribution in [3.05, 3.63) is 0 Å². The first-order valence-corrected chi connectivity index (χ1v) is 11.4. The monoisotopic (exact) mass is 536 g/mol. The maximum absolute atomic E-state index is 12.4. The molecule has 1 amide bonds. The molecule has 7 nitrogen and oxygen atoms in total. The van der Waals surface area contributed by atoms with Crippen molar-refractivity contribution >= 4 is 35.8 Å². The number of likely N-dealkylation sites (N-methyl/N-ethyl adjacent to an activating group) is 1. The Labute approximate surface area is 201 Å². The Morgan fingerprint density at radius 2 is 1.70 bits per heavy atom. The summed E-state index contributed by atoms with van der Waals surface area (Å²) in [6, 6.07) is 0. The number of hydrogen-bond acceptors (Lipinski definition) is 4. The van der Waals surface area contributed by atoms with Crippen molar-refractivity contribution in [3.63, 3.8) is 0 Å². The SMILES string of the molecule is CCNC(=NCC1(N2CCCCC2)CCN(C)CC1)N(C)CC(=O)NC(C)(C)C.I. The molecule has 2 fully saturated rings. The number of aliphatic imine (C=N–C) groups is 1. The van der Waals surface area contributed by atoms with Crippen molar-refractivity contribution in [3.8, 4) is 0 Å². The molecule has 2 heterocycles. The van der Waals surface area contributed by atoms with Crippen LogP contribution in [-0.4, -0.2) is 97.6 Å².